The molecule has 38 heavy (non-hydrogen) atoms. The van der Waals surface area contributed by atoms with Crippen LogP contribution in [0.5, 0.6) is 0 Å². The Kier molecular flexibility index (Phi) is 12.2. The lowest BCUT2D eigenvalue weighted by Gasteiger charge is -2.35. The maximum atomic E-state index is 12.1. The number of unbranched alkanes of at least 4 members (excludes halogenated alkanes) is 1. The summed E-state index contributed by atoms with van der Waals surface area (Å²) >= 11 is 0. The summed E-state index contributed by atoms with van der Waals surface area (Å²) in [7, 11) is 0. The van der Waals surface area contributed by atoms with Gasteiger partial charge in [-0.2, -0.15) is 0 Å². The molecule has 4 nitrogen and oxygen atoms in total. The van der Waals surface area contributed by atoms with Gasteiger partial charge in [0.25, 0.3) is 0 Å². The summed E-state index contributed by atoms with van der Waals surface area (Å²) in [6, 6.07) is 22.6. The average Bonchev–Trinajstić information content (AvgIpc) is 3.42. The molecule has 3 fully saturated rings. The summed E-state index contributed by atoms with van der Waals surface area (Å²) in [5.41, 5.74) is 1.47. The molecule has 2 aromatic carbocycles. The lowest BCUT2D eigenvalue weighted by molar-refractivity contribution is -0.145. The molecule has 3 aliphatic rings. The molecule has 0 aromatic heterocycles. The van der Waals surface area contributed by atoms with E-state index in [-0.39, 0.29) is 6.04 Å². The zero-order valence-corrected chi connectivity index (χ0v) is 23.4. The minimum atomic E-state index is -0.578. The summed E-state index contributed by atoms with van der Waals surface area (Å²) in [4.78, 5) is 17.0. The second-order valence-corrected chi connectivity index (χ2v) is 12.0. The summed E-state index contributed by atoms with van der Waals surface area (Å²) in [6.45, 7) is 5.63. The fraction of sp³-hybridized carbons (Fsp3) is 0.618. The largest absolute Gasteiger partial charge is 0.480 e. The first-order valence-corrected chi connectivity index (χ1v) is 15.4. The van der Waals surface area contributed by atoms with Crippen molar-refractivity contribution >= 4 is 5.97 Å². The number of rotatable bonds is 10. The molecule has 4 heteroatoms. The smallest absolute Gasteiger partial charge is 0.321 e. The highest BCUT2D eigenvalue weighted by Crippen LogP contribution is 2.32. The Hall–Kier alpha value is -2.17. The van der Waals surface area contributed by atoms with E-state index in [1.54, 1.807) is 0 Å². The Labute approximate surface area is 231 Å². The number of carboxylic acid groups (broad SMARTS) is 1. The Morgan fingerprint density at radius 2 is 1.37 bits per heavy atom. The second-order valence-electron chi connectivity index (χ2n) is 12.0. The SMILES string of the molecule is O=C(O)C(C1CCCCC1)N1CCC(CN2CCC(CCCCc3ccccc3)CC2)C1.c1ccccc1. The number of aliphatic carboxylic acids is 1. The van der Waals surface area contributed by atoms with Gasteiger partial charge >= 0.3 is 5.97 Å². The third-order valence-electron chi connectivity index (χ3n) is 9.12. The Bertz CT molecular complexity index is 865. The number of carboxylic acids is 1. The van der Waals surface area contributed by atoms with E-state index in [2.05, 4.69) is 40.1 Å². The second kappa shape index (κ2) is 16.1. The topological polar surface area (TPSA) is 43.8 Å². The van der Waals surface area contributed by atoms with Gasteiger partial charge in [-0.05, 0) is 87.9 Å². The van der Waals surface area contributed by atoms with E-state index in [1.165, 1.54) is 89.4 Å². The first kappa shape index (κ1) is 28.8. The molecule has 1 aliphatic carbocycles. The predicted octanol–water partition coefficient (Wildman–Crippen LogP) is 7.15. The zero-order chi connectivity index (χ0) is 26.4. The highest BCUT2D eigenvalue weighted by molar-refractivity contribution is 5.74. The molecular formula is C34H50N2O2. The van der Waals surface area contributed by atoms with Crippen LogP contribution in [0.25, 0.3) is 0 Å². The number of likely N-dealkylation sites (tertiary alicyclic amines) is 2. The van der Waals surface area contributed by atoms with Crippen molar-refractivity contribution in [2.24, 2.45) is 17.8 Å². The van der Waals surface area contributed by atoms with E-state index in [9.17, 15) is 9.90 Å². The predicted molar refractivity (Wildman–Crippen MR) is 157 cm³/mol. The molecule has 208 valence electrons. The van der Waals surface area contributed by atoms with Crippen molar-refractivity contribution in [2.75, 3.05) is 32.7 Å². The molecule has 0 bridgehead atoms. The van der Waals surface area contributed by atoms with Gasteiger partial charge in [0, 0.05) is 13.1 Å². The number of aryl methyl sites for hydroxylation is 1. The van der Waals surface area contributed by atoms with Crippen molar-refractivity contribution in [3.63, 3.8) is 0 Å². The van der Waals surface area contributed by atoms with E-state index >= 15 is 0 Å². The summed E-state index contributed by atoms with van der Waals surface area (Å²) in [6.07, 6.45) is 15.1. The van der Waals surface area contributed by atoms with Crippen LogP contribution in [0, 0.1) is 17.8 Å². The summed E-state index contributed by atoms with van der Waals surface area (Å²) < 4.78 is 0. The van der Waals surface area contributed by atoms with Crippen molar-refractivity contribution in [3.05, 3.63) is 72.3 Å². The number of hydrogen-bond donors (Lipinski definition) is 1. The number of nitrogens with zero attached hydrogens (tertiary/aromatic N) is 2. The molecule has 2 aliphatic heterocycles. The van der Waals surface area contributed by atoms with Gasteiger partial charge in [0.05, 0.1) is 0 Å². The van der Waals surface area contributed by atoms with Gasteiger partial charge in [-0.15, -0.1) is 0 Å². The molecule has 2 saturated heterocycles. The highest BCUT2D eigenvalue weighted by Gasteiger charge is 2.38. The maximum Gasteiger partial charge on any atom is 0.321 e. The normalized spacial score (nSPS) is 22.5. The monoisotopic (exact) mass is 518 g/mol. The van der Waals surface area contributed by atoms with Gasteiger partial charge in [0.15, 0.2) is 0 Å². The molecular weight excluding hydrogens is 468 g/mol. The van der Waals surface area contributed by atoms with E-state index < -0.39 is 5.97 Å². The fourth-order valence-corrected chi connectivity index (χ4v) is 6.98. The van der Waals surface area contributed by atoms with Crippen LogP contribution in [0.4, 0.5) is 0 Å². The third-order valence-corrected chi connectivity index (χ3v) is 9.12. The van der Waals surface area contributed by atoms with Gasteiger partial charge < -0.3 is 10.0 Å². The van der Waals surface area contributed by atoms with Gasteiger partial charge in [-0.1, -0.05) is 98.8 Å². The molecule has 0 amide bonds. The van der Waals surface area contributed by atoms with Crippen LogP contribution in [0.2, 0.25) is 0 Å². The summed E-state index contributed by atoms with van der Waals surface area (Å²) in [5.74, 6) is 1.36. The highest BCUT2D eigenvalue weighted by atomic mass is 16.4. The van der Waals surface area contributed by atoms with Crippen LogP contribution >= 0.6 is 0 Å². The van der Waals surface area contributed by atoms with Crippen LogP contribution in [-0.2, 0) is 11.2 Å². The first-order chi connectivity index (χ1) is 18.7. The van der Waals surface area contributed by atoms with Crippen LogP contribution in [0.15, 0.2) is 66.7 Å². The maximum absolute atomic E-state index is 12.1. The van der Waals surface area contributed by atoms with Gasteiger partial charge in [-0.25, -0.2) is 0 Å². The molecule has 2 aromatic rings. The fourth-order valence-electron chi connectivity index (χ4n) is 6.98. The van der Waals surface area contributed by atoms with E-state index in [4.69, 9.17) is 0 Å². The summed E-state index contributed by atoms with van der Waals surface area (Å²) in [5, 5.41) is 9.92. The molecule has 0 spiro atoms. The molecule has 0 radical (unpaired) electrons. The van der Waals surface area contributed by atoms with E-state index in [0.29, 0.717) is 11.8 Å². The lowest BCUT2D eigenvalue weighted by Crippen LogP contribution is -2.46. The molecule has 1 N–H and O–H groups in total. The molecule has 2 unspecified atom stereocenters. The van der Waals surface area contributed by atoms with Crippen molar-refractivity contribution in [3.8, 4) is 0 Å². The van der Waals surface area contributed by atoms with Crippen molar-refractivity contribution < 1.29 is 9.90 Å². The number of benzene rings is 2. The van der Waals surface area contributed by atoms with Crippen molar-refractivity contribution in [2.45, 2.75) is 83.1 Å². The van der Waals surface area contributed by atoms with Gasteiger partial charge in [0.1, 0.15) is 6.04 Å². The van der Waals surface area contributed by atoms with Crippen molar-refractivity contribution in [1.29, 1.82) is 0 Å². The average molecular weight is 519 g/mol. The number of carbonyl (C=O) groups is 1. The minimum Gasteiger partial charge on any atom is -0.480 e. The first-order valence-electron chi connectivity index (χ1n) is 15.4. The van der Waals surface area contributed by atoms with Gasteiger partial charge in [0.2, 0.25) is 0 Å². The van der Waals surface area contributed by atoms with E-state index in [0.717, 1.165) is 31.8 Å². The Morgan fingerprint density at radius 3 is 2.00 bits per heavy atom. The molecule has 2 heterocycles. The lowest BCUT2D eigenvalue weighted by atomic mass is 9.83. The van der Waals surface area contributed by atoms with Crippen molar-refractivity contribution in [1.82, 2.24) is 9.80 Å². The van der Waals surface area contributed by atoms with Crippen LogP contribution in [0.1, 0.15) is 76.2 Å². The third kappa shape index (κ3) is 9.54. The molecule has 5 rings (SSSR count). The van der Waals surface area contributed by atoms with Crippen LogP contribution < -0.4 is 0 Å². The van der Waals surface area contributed by atoms with Crippen LogP contribution in [0.3, 0.4) is 0 Å². The standard InChI is InChI=1S/C28H44N2O2.C6H6/c31-28(32)27(26-13-5-2-6-14-26)30-20-17-25(22-30)21-29-18-15-24(16-19-29)12-8-7-11-23-9-3-1-4-10-23;1-2-4-6-5-3-1/h1,3-4,9-10,24-27H,2,5-8,11-22H2,(H,31,32);1-6H. The zero-order valence-electron chi connectivity index (χ0n) is 23.4. The van der Waals surface area contributed by atoms with Gasteiger partial charge in [-0.3, -0.25) is 9.69 Å². The Balaban J connectivity index is 0.000000494. The molecule has 2 atom stereocenters. The minimum absolute atomic E-state index is 0.234. The number of piperidine rings is 1. The number of hydrogen-bond acceptors (Lipinski definition) is 3. The molecule has 1 saturated carbocycles. The quantitative estimate of drug-likeness (QED) is 0.339. The van der Waals surface area contributed by atoms with E-state index in [1.807, 2.05) is 36.4 Å². The Morgan fingerprint density at radius 1 is 0.763 bits per heavy atom. The van der Waals surface area contributed by atoms with Crippen LogP contribution in [-0.4, -0.2) is 59.6 Å².